The maximum absolute atomic E-state index is 12.7. The number of likely N-dealkylation sites (N-methyl/N-ethyl adjacent to an activating group) is 1. The average Bonchev–Trinajstić information content (AvgIpc) is 3.23. The number of carbonyl (C=O) groups excluding carboxylic acids is 2. The lowest BCUT2D eigenvalue weighted by molar-refractivity contribution is -0.121. The summed E-state index contributed by atoms with van der Waals surface area (Å²) < 4.78 is 12.0. The molecule has 2 aromatic heterocycles. The number of amides is 1. The van der Waals surface area contributed by atoms with Crippen LogP contribution in [0.2, 0.25) is 0 Å². The van der Waals surface area contributed by atoms with Crippen molar-refractivity contribution in [1.29, 1.82) is 0 Å². The number of ether oxygens (including phenoxy) is 2. The highest BCUT2D eigenvalue weighted by Crippen LogP contribution is 2.28. The summed E-state index contributed by atoms with van der Waals surface area (Å²) in [6.45, 7) is 1.84. The molecule has 0 aliphatic carbocycles. The van der Waals surface area contributed by atoms with E-state index in [0.717, 1.165) is 10.2 Å². The van der Waals surface area contributed by atoms with Gasteiger partial charge < -0.3 is 9.47 Å². The molecule has 0 unspecified atom stereocenters. The third kappa shape index (κ3) is 4.70. The lowest BCUT2D eigenvalue weighted by Gasteiger charge is -2.17. The zero-order valence-electron chi connectivity index (χ0n) is 16.7. The third-order valence-electron chi connectivity index (χ3n) is 4.41. The molecule has 0 saturated heterocycles. The maximum atomic E-state index is 12.7. The van der Waals surface area contributed by atoms with Crippen molar-refractivity contribution in [2.24, 2.45) is 0 Å². The highest BCUT2D eigenvalue weighted by Gasteiger charge is 2.22. The number of pyridine rings is 1. The van der Waals surface area contributed by atoms with E-state index in [1.165, 1.54) is 22.4 Å². The van der Waals surface area contributed by atoms with Crippen LogP contribution in [0.3, 0.4) is 0 Å². The number of benzene rings is 2. The summed E-state index contributed by atoms with van der Waals surface area (Å²) >= 11 is 1.42. The number of carbonyl (C=O) groups is 2. The Kier molecular flexibility index (Phi) is 6.18. The van der Waals surface area contributed by atoms with Gasteiger partial charge in [0.15, 0.2) is 11.7 Å². The van der Waals surface area contributed by atoms with E-state index in [1.54, 1.807) is 24.3 Å². The number of para-hydroxylation sites is 2. The van der Waals surface area contributed by atoms with Crippen LogP contribution < -0.4 is 9.64 Å². The van der Waals surface area contributed by atoms with Gasteiger partial charge in [-0.3, -0.25) is 9.69 Å². The first kappa shape index (κ1) is 20.5. The normalized spacial score (nSPS) is 10.6. The summed E-state index contributed by atoms with van der Waals surface area (Å²) in [5.74, 6) is -0.388. The Morgan fingerprint density at radius 1 is 1.00 bits per heavy atom. The number of hydrogen-bond acceptors (Lipinski definition) is 7. The smallest absolute Gasteiger partial charge is 0.344 e. The molecule has 0 aliphatic rings. The fraction of sp³-hybridized carbons (Fsp3) is 0.130. The molecule has 0 fully saturated rings. The van der Waals surface area contributed by atoms with Crippen LogP contribution in [0.15, 0.2) is 72.9 Å². The standard InChI is InChI=1S/C23H19N3O4S/c1-2-26(23-25-18-12-6-7-13-19(18)31-23)20(27)15-29-22(28)17-11-8-14-24-21(17)30-16-9-4-3-5-10-16/h3-14H,2,15H2,1H3. The van der Waals surface area contributed by atoms with Crippen molar-refractivity contribution in [1.82, 2.24) is 9.97 Å². The maximum Gasteiger partial charge on any atom is 0.344 e. The molecule has 4 aromatic rings. The Morgan fingerprint density at radius 2 is 1.77 bits per heavy atom. The van der Waals surface area contributed by atoms with Gasteiger partial charge in [0.2, 0.25) is 5.88 Å². The van der Waals surface area contributed by atoms with Crippen LogP contribution in [0, 0.1) is 0 Å². The largest absolute Gasteiger partial charge is 0.452 e. The van der Waals surface area contributed by atoms with E-state index in [1.807, 2.05) is 49.4 Å². The van der Waals surface area contributed by atoms with Crippen molar-refractivity contribution in [3.8, 4) is 11.6 Å². The van der Waals surface area contributed by atoms with Crippen molar-refractivity contribution in [2.45, 2.75) is 6.92 Å². The molecular formula is C23H19N3O4S. The monoisotopic (exact) mass is 433 g/mol. The Hall–Kier alpha value is -3.78. The molecule has 2 heterocycles. The molecule has 2 aromatic carbocycles. The number of nitrogens with zero attached hydrogens (tertiary/aromatic N) is 3. The van der Waals surface area contributed by atoms with Crippen molar-refractivity contribution in [2.75, 3.05) is 18.1 Å². The SMILES string of the molecule is CCN(C(=O)COC(=O)c1cccnc1Oc1ccccc1)c1nc2ccccc2s1. The molecule has 0 radical (unpaired) electrons. The molecule has 0 N–H and O–H groups in total. The number of esters is 1. The van der Waals surface area contributed by atoms with E-state index in [-0.39, 0.29) is 17.4 Å². The topological polar surface area (TPSA) is 81.6 Å². The van der Waals surface area contributed by atoms with Gasteiger partial charge in [0.25, 0.3) is 5.91 Å². The zero-order valence-corrected chi connectivity index (χ0v) is 17.5. The molecule has 8 heteroatoms. The fourth-order valence-electron chi connectivity index (χ4n) is 2.90. The highest BCUT2D eigenvalue weighted by atomic mass is 32.1. The fourth-order valence-corrected chi connectivity index (χ4v) is 3.95. The Labute approximate surface area is 182 Å². The van der Waals surface area contributed by atoms with E-state index in [4.69, 9.17) is 9.47 Å². The van der Waals surface area contributed by atoms with E-state index in [2.05, 4.69) is 9.97 Å². The molecule has 1 amide bonds. The van der Waals surface area contributed by atoms with Crippen LogP contribution in [-0.4, -0.2) is 35.0 Å². The predicted molar refractivity (Wildman–Crippen MR) is 119 cm³/mol. The second-order valence-corrected chi connectivity index (χ2v) is 7.46. The van der Waals surface area contributed by atoms with Crippen molar-refractivity contribution >= 4 is 38.6 Å². The van der Waals surface area contributed by atoms with Gasteiger partial charge in [0.1, 0.15) is 11.3 Å². The minimum absolute atomic E-state index is 0.115. The van der Waals surface area contributed by atoms with Crippen LogP contribution in [0.5, 0.6) is 11.6 Å². The predicted octanol–water partition coefficient (Wildman–Crippen LogP) is 4.69. The van der Waals surface area contributed by atoms with Crippen LogP contribution in [0.25, 0.3) is 10.2 Å². The molecule has 0 aliphatic heterocycles. The summed E-state index contributed by atoms with van der Waals surface area (Å²) in [6.07, 6.45) is 1.52. The van der Waals surface area contributed by atoms with Gasteiger partial charge in [-0.2, -0.15) is 0 Å². The van der Waals surface area contributed by atoms with Crippen LogP contribution in [0.4, 0.5) is 5.13 Å². The molecule has 0 bridgehead atoms. The number of anilines is 1. The van der Waals surface area contributed by atoms with Crippen LogP contribution in [-0.2, 0) is 9.53 Å². The first-order chi connectivity index (χ1) is 15.2. The molecule has 156 valence electrons. The van der Waals surface area contributed by atoms with E-state index < -0.39 is 12.6 Å². The second-order valence-electron chi connectivity index (χ2n) is 6.45. The summed E-state index contributed by atoms with van der Waals surface area (Å²) in [5, 5.41) is 0.569. The zero-order chi connectivity index (χ0) is 21.6. The van der Waals surface area contributed by atoms with Crippen molar-refractivity contribution in [3.63, 3.8) is 0 Å². The minimum atomic E-state index is -0.687. The molecule has 0 spiro atoms. The lowest BCUT2D eigenvalue weighted by atomic mass is 10.2. The third-order valence-corrected chi connectivity index (χ3v) is 5.47. The van der Waals surface area contributed by atoms with Crippen molar-refractivity contribution in [3.05, 3.63) is 78.5 Å². The Bertz CT molecular complexity index is 1180. The van der Waals surface area contributed by atoms with Crippen LogP contribution >= 0.6 is 11.3 Å². The molecule has 7 nitrogen and oxygen atoms in total. The minimum Gasteiger partial charge on any atom is -0.452 e. The molecular weight excluding hydrogens is 414 g/mol. The number of hydrogen-bond donors (Lipinski definition) is 0. The molecule has 4 rings (SSSR count). The lowest BCUT2D eigenvalue weighted by Crippen LogP contribution is -2.34. The Morgan fingerprint density at radius 3 is 2.55 bits per heavy atom. The van der Waals surface area contributed by atoms with Gasteiger partial charge in [0, 0.05) is 12.7 Å². The van der Waals surface area contributed by atoms with Gasteiger partial charge in [0.05, 0.1) is 10.2 Å². The summed E-state index contributed by atoms with van der Waals surface area (Å²) in [4.78, 5) is 35.5. The number of fused-ring (bicyclic) bond motifs is 1. The number of aromatic nitrogens is 2. The first-order valence-electron chi connectivity index (χ1n) is 9.66. The average molecular weight is 433 g/mol. The number of thiazole rings is 1. The first-order valence-corrected chi connectivity index (χ1v) is 10.5. The second kappa shape index (κ2) is 9.36. The van der Waals surface area contributed by atoms with Gasteiger partial charge >= 0.3 is 5.97 Å². The molecule has 31 heavy (non-hydrogen) atoms. The summed E-state index contributed by atoms with van der Waals surface area (Å²) in [7, 11) is 0. The summed E-state index contributed by atoms with van der Waals surface area (Å²) in [5.41, 5.74) is 0.964. The quantitative estimate of drug-likeness (QED) is 0.393. The van der Waals surface area contributed by atoms with Crippen molar-refractivity contribution < 1.29 is 19.1 Å². The van der Waals surface area contributed by atoms with Gasteiger partial charge in [-0.05, 0) is 43.3 Å². The summed E-state index contributed by atoms with van der Waals surface area (Å²) in [6, 6.07) is 19.8. The highest BCUT2D eigenvalue weighted by molar-refractivity contribution is 7.22. The number of rotatable bonds is 7. The van der Waals surface area contributed by atoms with E-state index in [0.29, 0.717) is 17.4 Å². The Balaban J connectivity index is 1.45. The van der Waals surface area contributed by atoms with Gasteiger partial charge in [-0.1, -0.05) is 41.7 Å². The molecule has 0 saturated carbocycles. The van der Waals surface area contributed by atoms with Gasteiger partial charge in [-0.25, -0.2) is 14.8 Å². The van der Waals surface area contributed by atoms with Gasteiger partial charge in [-0.15, -0.1) is 0 Å². The van der Waals surface area contributed by atoms with E-state index >= 15 is 0 Å². The molecule has 0 atom stereocenters. The van der Waals surface area contributed by atoms with Crippen LogP contribution in [0.1, 0.15) is 17.3 Å². The van der Waals surface area contributed by atoms with E-state index in [9.17, 15) is 9.59 Å².